The van der Waals surface area contributed by atoms with Crippen molar-refractivity contribution in [1.82, 2.24) is 10.2 Å². The Hall–Kier alpha value is -1.87. The van der Waals surface area contributed by atoms with Crippen LogP contribution >= 0.6 is 0 Å². The first-order valence-electron chi connectivity index (χ1n) is 29.4. The van der Waals surface area contributed by atoms with E-state index in [9.17, 15) is 14.4 Å². The minimum absolute atomic E-state index is 0.0781. The SMILES string of the molecule is CCCCCCCCCCCCCCCCCCCC(=O)OCCCCCC(CCCCCOC(=O)CCCCCCCCCCCCCCCCCCC)OC(=O)NCCOCCN(C)C. The van der Waals surface area contributed by atoms with Gasteiger partial charge in [-0.1, -0.05) is 219 Å². The largest absolute Gasteiger partial charge is 0.466 e. The van der Waals surface area contributed by atoms with Crippen LogP contribution in [0.4, 0.5) is 4.79 Å². The lowest BCUT2D eigenvalue weighted by Crippen LogP contribution is -2.32. The molecule has 0 aliphatic carbocycles. The monoisotopic (exact) mass is 951 g/mol. The number of hydrogen-bond donors (Lipinski definition) is 1. The number of hydrogen-bond acceptors (Lipinski definition) is 8. The zero-order valence-corrected chi connectivity index (χ0v) is 45.2. The highest BCUT2D eigenvalue weighted by atomic mass is 16.6. The molecule has 0 fully saturated rings. The van der Waals surface area contributed by atoms with Gasteiger partial charge >= 0.3 is 18.0 Å². The Balaban J connectivity index is 4.02. The zero-order valence-electron chi connectivity index (χ0n) is 45.2. The fraction of sp³-hybridized carbons (Fsp3) is 0.948. The topological polar surface area (TPSA) is 103 Å². The number of nitrogens with zero attached hydrogens (tertiary/aromatic N) is 1. The van der Waals surface area contributed by atoms with Crippen LogP contribution in [0.3, 0.4) is 0 Å². The van der Waals surface area contributed by atoms with Crippen LogP contribution in [0.1, 0.15) is 296 Å². The van der Waals surface area contributed by atoms with Crippen LogP contribution in [0.15, 0.2) is 0 Å². The maximum Gasteiger partial charge on any atom is 0.407 e. The Kier molecular flexibility index (Phi) is 53.5. The number of carbonyl (C=O) groups excluding carboxylic acids is 3. The molecule has 0 aromatic carbocycles. The van der Waals surface area contributed by atoms with E-state index in [1.807, 2.05) is 14.1 Å². The molecule has 0 unspecified atom stereocenters. The molecule has 67 heavy (non-hydrogen) atoms. The van der Waals surface area contributed by atoms with Gasteiger partial charge in [0.2, 0.25) is 0 Å². The number of alkyl carbamates (subject to hydrolysis) is 1. The molecule has 0 heterocycles. The molecule has 1 amide bonds. The van der Waals surface area contributed by atoms with Crippen molar-refractivity contribution in [3.05, 3.63) is 0 Å². The second-order valence-corrected chi connectivity index (χ2v) is 20.3. The van der Waals surface area contributed by atoms with Gasteiger partial charge in [-0.2, -0.15) is 0 Å². The average molecular weight is 952 g/mol. The van der Waals surface area contributed by atoms with Crippen LogP contribution in [0.25, 0.3) is 0 Å². The van der Waals surface area contributed by atoms with E-state index in [0.717, 1.165) is 83.6 Å². The first-order valence-corrected chi connectivity index (χ1v) is 29.4. The Morgan fingerprint density at radius 1 is 0.388 bits per heavy atom. The van der Waals surface area contributed by atoms with Crippen molar-refractivity contribution < 1.29 is 33.3 Å². The summed E-state index contributed by atoms with van der Waals surface area (Å²) in [7, 11) is 4.01. The molecule has 0 aliphatic heterocycles. The molecule has 9 nitrogen and oxygen atoms in total. The molecule has 9 heteroatoms. The van der Waals surface area contributed by atoms with E-state index in [1.165, 1.54) is 193 Å². The lowest BCUT2D eigenvalue weighted by Gasteiger charge is -2.18. The van der Waals surface area contributed by atoms with Crippen molar-refractivity contribution in [3.63, 3.8) is 0 Å². The van der Waals surface area contributed by atoms with Crippen LogP contribution in [0, 0.1) is 0 Å². The number of likely N-dealkylation sites (N-methyl/N-ethyl adjacent to an activating group) is 1. The number of esters is 2. The third-order valence-electron chi connectivity index (χ3n) is 13.3. The van der Waals surface area contributed by atoms with E-state index in [2.05, 4.69) is 24.1 Å². The van der Waals surface area contributed by atoms with E-state index in [0.29, 0.717) is 45.8 Å². The van der Waals surface area contributed by atoms with Gasteiger partial charge in [-0.3, -0.25) is 9.59 Å². The number of amides is 1. The molecule has 0 aromatic rings. The van der Waals surface area contributed by atoms with Crippen molar-refractivity contribution in [2.75, 3.05) is 53.6 Å². The molecule has 0 spiro atoms. The highest BCUT2D eigenvalue weighted by molar-refractivity contribution is 5.69. The molecule has 0 rings (SSSR count). The summed E-state index contributed by atoms with van der Waals surface area (Å²) in [4.78, 5) is 39.3. The number of ether oxygens (including phenoxy) is 4. The summed E-state index contributed by atoms with van der Waals surface area (Å²) < 4.78 is 22.5. The normalized spacial score (nSPS) is 11.5. The van der Waals surface area contributed by atoms with Gasteiger partial charge in [0, 0.05) is 25.9 Å². The summed E-state index contributed by atoms with van der Waals surface area (Å²) >= 11 is 0. The Labute approximate surface area is 416 Å². The molecule has 398 valence electrons. The molecule has 0 radical (unpaired) electrons. The number of carbonyl (C=O) groups is 3. The Morgan fingerprint density at radius 2 is 0.701 bits per heavy atom. The van der Waals surface area contributed by atoms with Crippen molar-refractivity contribution in [2.24, 2.45) is 0 Å². The fourth-order valence-electron chi connectivity index (χ4n) is 8.84. The number of nitrogens with one attached hydrogen (secondary N) is 1. The minimum Gasteiger partial charge on any atom is -0.466 e. The fourth-order valence-corrected chi connectivity index (χ4v) is 8.84. The summed E-state index contributed by atoms with van der Waals surface area (Å²) in [5, 5.41) is 2.83. The lowest BCUT2D eigenvalue weighted by molar-refractivity contribution is -0.144. The van der Waals surface area contributed by atoms with Gasteiger partial charge < -0.3 is 29.2 Å². The van der Waals surface area contributed by atoms with Crippen molar-refractivity contribution in [2.45, 2.75) is 302 Å². The van der Waals surface area contributed by atoms with Crippen molar-refractivity contribution >= 4 is 18.0 Å². The van der Waals surface area contributed by atoms with Crippen molar-refractivity contribution in [3.8, 4) is 0 Å². The van der Waals surface area contributed by atoms with Gasteiger partial charge in [-0.05, 0) is 78.3 Å². The summed E-state index contributed by atoms with van der Waals surface area (Å²) in [6.45, 7) is 7.79. The number of rotatable bonds is 55. The second-order valence-electron chi connectivity index (χ2n) is 20.3. The van der Waals surface area contributed by atoms with Crippen LogP contribution < -0.4 is 5.32 Å². The van der Waals surface area contributed by atoms with Crippen LogP contribution in [-0.4, -0.2) is 82.6 Å². The predicted octanol–water partition coefficient (Wildman–Crippen LogP) is 16.9. The molecule has 0 saturated heterocycles. The summed E-state index contributed by atoms with van der Waals surface area (Å²) in [5.41, 5.74) is 0. The summed E-state index contributed by atoms with van der Waals surface area (Å²) in [6.07, 6.45) is 52.5. The highest BCUT2D eigenvalue weighted by Gasteiger charge is 2.15. The van der Waals surface area contributed by atoms with Crippen molar-refractivity contribution in [1.29, 1.82) is 0 Å². The first-order chi connectivity index (χ1) is 32.9. The van der Waals surface area contributed by atoms with Gasteiger partial charge in [0.15, 0.2) is 0 Å². The van der Waals surface area contributed by atoms with E-state index >= 15 is 0 Å². The minimum atomic E-state index is -0.405. The van der Waals surface area contributed by atoms with Crippen LogP contribution in [-0.2, 0) is 28.5 Å². The molecule has 0 atom stereocenters. The average Bonchev–Trinajstić information content (AvgIpc) is 3.31. The third-order valence-corrected chi connectivity index (χ3v) is 13.3. The van der Waals surface area contributed by atoms with Gasteiger partial charge in [-0.25, -0.2) is 4.79 Å². The zero-order chi connectivity index (χ0) is 48.8. The number of unbranched alkanes of at least 4 members (excludes halogenated alkanes) is 36. The molecular formula is C58H114N2O7. The standard InChI is InChI=1S/C58H114N2O7/c1-5-7-9-11-13-15-17-19-21-23-25-27-29-31-33-35-41-47-56(61)65-51-43-37-39-45-55(67-58(63)59-49-53-64-54-50-60(3)4)46-40-38-44-52-66-57(62)48-42-36-34-32-30-28-26-24-22-20-18-16-14-12-10-8-6-2/h55H,5-54H2,1-4H3,(H,59,63). The highest BCUT2D eigenvalue weighted by Crippen LogP contribution is 2.18. The van der Waals surface area contributed by atoms with Gasteiger partial charge in [0.25, 0.3) is 0 Å². The maximum absolute atomic E-state index is 12.6. The second kappa shape index (κ2) is 55.1. The van der Waals surface area contributed by atoms with E-state index in [4.69, 9.17) is 18.9 Å². The molecule has 0 aromatic heterocycles. The first kappa shape index (κ1) is 65.1. The lowest BCUT2D eigenvalue weighted by atomic mass is 10.0. The quantitative estimate of drug-likeness (QED) is 0.0365. The van der Waals surface area contributed by atoms with E-state index in [-0.39, 0.29) is 18.0 Å². The molecule has 1 N–H and O–H groups in total. The summed E-state index contributed by atoms with van der Waals surface area (Å²) in [6, 6.07) is 0. The third kappa shape index (κ3) is 54.9. The van der Waals surface area contributed by atoms with E-state index < -0.39 is 6.09 Å². The Morgan fingerprint density at radius 3 is 1.03 bits per heavy atom. The molecular weight excluding hydrogens is 837 g/mol. The Bertz CT molecular complexity index is 965. The smallest absolute Gasteiger partial charge is 0.407 e. The molecule has 0 saturated carbocycles. The van der Waals surface area contributed by atoms with Gasteiger partial charge in [0.1, 0.15) is 6.10 Å². The van der Waals surface area contributed by atoms with Gasteiger partial charge in [0.05, 0.1) is 26.4 Å². The summed E-state index contributed by atoms with van der Waals surface area (Å²) in [5.74, 6) is -0.156. The van der Waals surface area contributed by atoms with Crippen LogP contribution in [0.2, 0.25) is 0 Å². The predicted molar refractivity (Wildman–Crippen MR) is 284 cm³/mol. The molecule has 0 bridgehead atoms. The maximum atomic E-state index is 12.6. The van der Waals surface area contributed by atoms with E-state index in [1.54, 1.807) is 0 Å². The van der Waals surface area contributed by atoms with Crippen LogP contribution in [0.5, 0.6) is 0 Å². The van der Waals surface area contributed by atoms with Gasteiger partial charge in [-0.15, -0.1) is 0 Å². The molecule has 0 aliphatic rings.